The van der Waals surface area contributed by atoms with Crippen LogP contribution in [-0.2, 0) is 0 Å². The third-order valence-electron chi connectivity index (χ3n) is 7.22. The van der Waals surface area contributed by atoms with Crippen LogP contribution >= 0.6 is 11.6 Å². The molecule has 0 spiro atoms. The number of likely N-dealkylation sites (tertiary alicyclic amines) is 1. The lowest BCUT2D eigenvalue weighted by atomic mass is 9.86. The summed E-state index contributed by atoms with van der Waals surface area (Å²) in [7, 11) is 0. The van der Waals surface area contributed by atoms with Gasteiger partial charge in [0.25, 0.3) is 0 Å². The van der Waals surface area contributed by atoms with Crippen molar-refractivity contribution in [1.29, 1.82) is 0 Å². The number of aromatic hydroxyl groups is 2. The monoisotopic (exact) mass is 505 g/mol. The van der Waals surface area contributed by atoms with Crippen LogP contribution in [0.3, 0.4) is 0 Å². The molecule has 3 aromatic carbocycles. The number of nitrogens with zero attached hydrogens (tertiary/aromatic N) is 1. The van der Waals surface area contributed by atoms with Crippen LogP contribution in [0.2, 0.25) is 5.02 Å². The Bertz CT molecular complexity index is 1270. The van der Waals surface area contributed by atoms with Crippen LogP contribution in [0.25, 0.3) is 11.1 Å². The zero-order valence-electron chi connectivity index (χ0n) is 20.9. The summed E-state index contributed by atoms with van der Waals surface area (Å²) in [6.45, 7) is 9.44. The third-order valence-corrected chi connectivity index (χ3v) is 7.44. The smallest absolute Gasteiger partial charge is 0.150 e. The highest BCUT2D eigenvalue weighted by atomic mass is 35.5. The number of allylic oxidation sites excluding steroid dienone is 1. The number of phenolic OH excluding ortho intramolecular Hbond substituents is 2. The highest BCUT2D eigenvalue weighted by Crippen LogP contribution is 2.48. The topological polar surface area (TPSA) is 62.2 Å². The Morgan fingerprint density at radius 3 is 2.53 bits per heavy atom. The number of benzene rings is 3. The van der Waals surface area contributed by atoms with Gasteiger partial charge in [0.05, 0.1) is 0 Å². The molecule has 2 N–H and O–H groups in total. The number of hydrogen-bond donors (Lipinski definition) is 2. The summed E-state index contributed by atoms with van der Waals surface area (Å²) >= 11 is 6.29. The molecule has 3 atom stereocenters. The summed E-state index contributed by atoms with van der Waals surface area (Å²) < 4.78 is 12.6. The maximum absolute atomic E-state index is 10.2. The number of hydrogen-bond acceptors (Lipinski definition) is 5. The molecule has 0 bridgehead atoms. The highest BCUT2D eigenvalue weighted by Gasteiger charge is 2.30. The fourth-order valence-corrected chi connectivity index (χ4v) is 5.43. The molecule has 2 heterocycles. The second kappa shape index (κ2) is 10.1. The quantitative estimate of drug-likeness (QED) is 0.380. The van der Waals surface area contributed by atoms with Gasteiger partial charge in [-0.15, -0.1) is 0 Å². The zero-order chi connectivity index (χ0) is 25.4. The second-order valence-electron chi connectivity index (χ2n) is 10.0. The van der Waals surface area contributed by atoms with Crippen molar-refractivity contribution in [1.82, 2.24) is 4.90 Å². The molecule has 0 aromatic heterocycles. The summed E-state index contributed by atoms with van der Waals surface area (Å²) in [5.41, 5.74) is 4.37. The summed E-state index contributed by atoms with van der Waals surface area (Å²) in [6, 6.07) is 18.5. The normalized spacial score (nSPS) is 20.7. The minimum absolute atomic E-state index is 0.0866. The number of fused-ring (bicyclic) bond motifs is 1. The van der Waals surface area contributed by atoms with E-state index in [0.717, 1.165) is 52.6 Å². The van der Waals surface area contributed by atoms with E-state index in [9.17, 15) is 10.2 Å². The van der Waals surface area contributed by atoms with E-state index in [-0.39, 0.29) is 11.5 Å². The first-order chi connectivity index (χ1) is 17.3. The van der Waals surface area contributed by atoms with Crippen molar-refractivity contribution in [2.45, 2.75) is 39.3 Å². The summed E-state index contributed by atoms with van der Waals surface area (Å²) in [5, 5.41) is 20.8. The molecule has 5 rings (SSSR count). The van der Waals surface area contributed by atoms with Gasteiger partial charge in [0.1, 0.15) is 35.7 Å². The van der Waals surface area contributed by atoms with Crippen LogP contribution in [0.1, 0.15) is 50.0 Å². The molecule has 2 aliphatic heterocycles. The van der Waals surface area contributed by atoms with Gasteiger partial charge >= 0.3 is 0 Å². The molecule has 2 aliphatic rings. The van der Waals surface area contributed by atoms with Gasteiger partial charge in [-0.25, -0.2) is 0 Å². The van der Waals surface area contributed by atoms with Crippen molar-refractivity contribution in [3.8, 4) is 23.0 Å². The molecular weight excluding hydrogens is 474 g/mol. The highest BCUT2D eigenvalue weighted by molar-refractivity contribution is 6.31. The molecule has 36 heavy (non-hydrogen) atoms. The lowest BCUT2D eigenvalue weighted by molar-refractivity contribution is 0.169. The van der Waals surface area contributed by atoms with Crippen LogP contribution in [0.15, 0.2) is 60.7 Å². The zero-order valence-corrected chi connectivity index (χ0v) is 21.6. The van der Waals surface area contributed by atoms with Gasteiger partial charge in [-0.05, 0) is 98.0 Å². The lowest BCUT2D eigenvalue weighted by Gasteiger charge is -2.31. The Kier molecular flexibility index (Phi) is 6.87. The van der Waals surface area contributed by atoms with E-state index in [2.05, 4.69) is 18.7 Å². The lowest BCUT2D eigenvalue weighted by Crippen LogP contribution is -2.35. The molecule has 188 valence electrons. The largest absolute Gasteiger partial charge is 0.508 e. The minimum Gasteiger partial charge on any atom is -0.508 e. The Labute approximate surface area is 217 Å². The Balaban J connectivity index is 1.43. The van der Waals surface area contributed by atoms with Crippen molar-refractivity contribution < 1.29 is 19.7 Å². The Morgan fingerprint density at radius 1 is 1.06 bits per heavy atom. The molecule has 0 aliphatic carbocycles. The predicted molar refractivity (Wildman–Crippen MR) is 144 cm³/mol. The average Bonchev–Trinajstić information content (AvgIpc) is 3.29. The summed E-state index contributed by atoms with van der Waals surface area (Å²) in [4.78, 5) is 2.49. The van der Waals surface area contributed by atoms with E-state index >= 15 is 0 Å². The molecule has 1 fully saturated rings. The molecule has 1 saturated heterocycles. The number of ether oxygens (including phenoxy) is 2. The molecule has 0 radical (unpaired) electrons. The number of halogens is 1. The molecular formula is C30H32ClNO4. The molecule has 3 unspecified atom stereocenters. The van der Waals surface area contributed by atoms with Crippen molar-refractivity contribution in [3.63, 3.8) is 0 Å². The first-order valence-corrected chi connectivity index (χ1v) is 12.8. The standard InChI is InChI=1S/C30H32ClNO4/c1-18-10-11-32(16-18)19(2)17-35-26-7-4-21(5-8-26)30-29(22-12-23(31)14-25(34)13-22)20(3)27-15-24(33)6-9-28(27)36-30/h4-9,12-15,18-19,30,33-34H,10-11,16-17H2,1-3H3. The van der Waals surface area contributed by atoms with Gasteiger partial charge in [0.15, 0.2) is 0 Å². The van der Waals surface area contributed by atoms with Crippen LogP contribution in [0, 0.1) is 5.92 Å². The fourth-order valence-electron chi connectivity index (χ4n) is 5.20. The Hall–Kier alpha value is -3.15. The second-order valence-corrected chi connectivity index (χ2v) is 10.5. The van der Waals surface area contributed by atoms with Crippen LogP contribution in [0.5, 0.6) is 23.0 Å². The molecule has 3 aromatic rings. The van der Waals surface area contributed by atoms with E-state index in [1.165, 1.54) is 12.5 Å². The molecule has 6 heteroatoms. The number of rotatable bonds is 6. The number of phenols is 2. The van der Waals surface area contributed by atoms with E-state index in [1.54, 1.807) is 24.3 Å². The first kappa shape index (κ1) is 24.5. The van der Waals surface area contributed by atoms with E-state index in [1.807, 2.05) is 37.3 Å². The van der Waals surface area contributed by atoms with E-state index in [0.29, 0.717) is 23.4 Å². The van der Waals surface area contributed by atoms with Crippen molar-refractivity contribution in [2.24, 2.45) is 5.92 Å². The molecule has 0 saturated carbocycles. The maximum atomic E-state index is 10.2. The van der Waals surface area contributed by atoms with Crippen molar-refractivity contribution in [2.75, 3.05) is 19.7 Å². The van der Waals surface area contributed by atoms with Crippen molar-refractivity contribution in [3.05, 3.63) is 82.4 Å². The van der Waals surface area contributed by atoms with Crippen molar-refractivity contribution >= 4 is 22.7 Å². The minimum atomic E-state index is -0.418. The SMILES string of the molecule is CC1=C(c2cc(O)cc(Cl)c2)C(c2ccc(OCC(C)N3CCC(C)C3)cc2)Oc2ccc(O)cc21. The van der Waals surface area contributed by atoms with Gasteiger partial charge in [0, 0.05) is 28.7 Å². The van der Waals surface area contributed by atoms with Gasteiger partial charge in [-0.3, -0.25) is 4.90 Å². The van der Waals surface area contributed by atoms with Crippen LogP contribution < -0.4 is 9.47 Å². The van der Waals surface area contributed by atoms with Gasteiger partial charge in [-0.1, -0.05) is 30.7 Å². The molecule has 0 amide bonds. The van der Waals surface area contributed by atoms with Gasteiger partial charge in [-0.2, -0.15) is 0 Å². The summed E-state index contributed by atoms with van der Waals surface area (Å²) in [5.74, 6) is 2.52. The molecule has 5 nitrogen and oxygen atoms in total. The van der Waals surface area contributed by atoms with E-state index < -0.39 is 6.10 Å². The Morgan fingerprint density at radius 2 is 1.83 bits per heavy atom. The van der Waals surface area contributed by atoms with Crippen LogP contribution in [-0.4, -0.2) is 40.9 Å². The van der Waals surface area contributed by atoms with Gasteiger partial charge in [0.2, 0.25) is 0 Å². The maximum Gasteiger partial charge on any atom is 0.150 e. The fraction of sp³-hybridized carbons (Fsp3) is 0.333. The van der Waals surface area contributed by atoms with Gasteiger partial charge < -0.3 is 19.7 Å². The average molecular weight is 506 g/mol. The first-order valence-electron chi connectivity index (χ1n) is 12.5. The third kappa shape index (κ3) is 5.04. The predicted octanol–water partition coefficient (Wildman–Crippen LogP) is 6.92. The summed E-state index contributed by atoms with van der Waals surface area (Å²) in [6.07, 6.45) is 0.835. The van der Waals surface area contributed by atoms with Crippen LogP contribution in [0.4, 0.5) is 0 Å². The van der Waals surface area contributed by atoms with E-state index in [4.69, 9.17) is 21.1 Å².